The molecule has 0 saturated carbocycles. The zero-order chi connectivity index (χ0) is 13.5. The van der Waals surface area contributed by atoms with Crippen molar-refractivity contribution in [2.24, 2.45) is 0 Å². The number of carbonyl (C=O) groups excluding carboxylic acids is 2. The van der Waals surface area contributed by atoms with Crippen LogP contribution in [-0.4, -0.2) is 50.7 Å². The summed E-state index contributed by atoms with van der Waals surface area (Å²) in [6.07, 6.45) is 0. The molecule has 1 aromatic carbocycles. The van der Waals surface area contributed by atoms with Crippen molar-refractivity contribution in [3.8, 4) is 0 Å². The van der Waals surface area contributed by atoms with Crippen LogP contribution in [0.3, 0.4) is 0 Å². The lowest BCUT2D eigenvalue weighted by molar-refractivity contribution is -0.858. The first kappa shape index (κ1) is 14.3. The second kappa shape index (κ2) is 6.88. The number of quaternary nitrogens is 1. The van der Waals surface area contributed by atoms with E-state index in [0.717, 1.165) is 0 Å². The molecule has 5 heteroatoms. The number of Topliss-reactive ketones (excluding diaryl/α,β-unsaturated/α-hetero) is 1. The number of ether oxygens (including phenoxy) is 1. The van der Waals surface area contributed by atoms with Crippen LogP contribution in [0, 0.1) is 0 Å². The van der Waals surface area contributed by atoms with Gasteiger partial charge < -0.3 is 14.7 Å². The first-order chi connectivity index (χ1) is 8.56. The molecule has 0 aliphatic carbocycles. The zero-order valence-corrected chi connectivity index (χ0v) is 10.6. The molecule has 0 unspecified atom stereocenters. The molecule has 1 rings (SSSR count). The molecule has 0 fully saturated rings. The van der Waals surface area contributed by atoms with Gasteiger partial charge in [0.2, 0.25) is 0 Å². The largest absolute Gasteiger partial charge is 0.456 e. The number of nitrogens with one attached hydrogen (secondary N) is 1. The predicted octanol–water partition coefficient (Wildman–Crippen LogP) is -0.837. The monoisotopic (exact) mass is 252 g/mol. The second-order valence-electron chi connectivity index (χ2n) is 4.22. The van der Waals surface area contributed by atoms with E-state index in [-0.39, 0.29) is 11.1 Å². The second-order valence-corrected chi connectivity index (χ2v) is 4.22. The van der Waals surface area contributed by atoms with E-state index >= 15 is 0 Å². The van der Waals surface area contributed by atoms with Crippen LogP contribution in [0.2, 0.25) is 0 Å². The minimum atomic E-state index is -0.619. The lowest BCUT2D eigenvalue weighted by Crippen LogP contribution is -3.06. The molecule has 0 radical (unpaired) electrons. The van der Waals surface area contributed by atoms with Crippen molar-refractivity contribution >= 4 is 11.8 Å². The smallest absolute Gasteiger partial charge is 0.339 e. The Labute approximate surface area is 106 Å². The van der Waals surface area contributed by atoms with Gasteiger partial charge in [0.1, 0.15) is 19.8 Å². The third-order valence-corrected chi connectivity index (χ3v) is 2.43. The summed E-state index contributed by atoms with van der Waals surface area (Å²) in [6, 6.07) is 6.33. The highest BCUT2D eigenvalue weighted by atomic mass is 16.5. The van der Waals surface area contributed by atoms with Crippen LogP contribution in [0.4, 0.5) is 0 Å². The van der Waals surface area contributed by atoms with Gasteiger partial charge in [0, 0.05) is 5.56 Å². The Morgan fingerprint density at radius 3 is 2.39 bits per heavy atom. The normalized spacial score (nSPS) is 10.4. The van der Waals surface area contributed by atoms with Crippen LogP contribution in [0.1, 0.15) is 20.7 Å². The van der Waals surface area contributed by atoms with E-state index in [1.165, 1.54) is 17.0 Å². The zero-order valence-electron chi connectivity index (χ0n) is 10.6. The highest BCUT2D eigenvalue weighted by Gasteiger charge is 2.17. The molecule has 0 bridgehead atoms. The van der Waals surface area contributed by atoms with E-state index in [1.54, 1.807) is 12.1 Å². The topological polar surface area (TPSA) is 68.0 Å². The van der Waals surface area contributed by atoms with Crippen LogP contribution in [-0.2, 0) is 4.74 Å². The van der Waals surface area contributed by atoms with E-state index in [4.69, 9.17) is 9.84 Å². The maximum atomic E-state index is 11.8. The van der Waals surface area contributed by atoms with Crippen molar-refractivity contribution in [2.45, 2.75) is 0 Å². The summed E-state index contributed by atoms with van der Waals surface area (Å²) in [5, 5.41) is 8.84. The van der Waals surface area contributed by atoms with Gasteiger partial charge >= 0.3 is 5.97 Å². The molecule has 0 aromatic heterocycles. The van der Waals surface area contributed by atoms with Crippen LogP contribution in [0.25, 0.3) is 0 Å². The van der Waals surface area contributed by atoms with Crippen LogP contribution in [0.15, 0.2) is 24.3 Å². The van der Waals surface area contributed by atoms with E-state index in [2.05, 4.69) is 0 Å². The summed E-state index contributed by atoms with van der Waals surface area (Å²) >= 11 is 0. The van der Waals surface area contributed by atoms with Gasteiger partial charge in [-0.25, -0.2) is 4.79 Å². The van der Waals surface area contributed by atoms with Gasteiger partial charge in [-0.2, -0.15) is 0 Å². The van der Waals surface area contributed by atoms with E-state index in [9.17, 15) is 9.59 Å². The fraction of sp³-hybridized carbons (Fsp3) is 0.385. The molecule has 18 heavy (non-hydrogen) atoms. The third-order valence-electron chi connectivity index (χ3n) is 2.43. The van der Waals surface area contributed by atoms with E-state index in [0.29, 0.717) is 13.2 Å². The summed E-state index contributed by atoms with van der Waals surface area (Å²) in [4.78, 5) is 24.4. The fourth-order valence-corrected chi connectivity index (χ4v) is 1.42. The first-order valence-corrected chi connectivity index (χ1v) is 5.75. The summed E-state index contributed by atoms with van der Waals surface area (Å²) < 4.78 is 5.08. The highest BCUT2D eigenvalue weighted by molar-refractivity contribution is 6.06. The Hall–Kier alpha value is -1.72. The van der Waals surface area contributed by atoms with Crippen molar-refractivity contribution in [2.75, 3.05) is 33.9 Å². The molecule has 0 spiro atoms. The molecule has 2 N–H and O–H groups in total. The van der Waals surface area contributed by atoms with Gasteiger partial charge in [0.15, 0.2) is 5.78 Å². The molecule has 5 nitrogen and oxygen atoms in total. The quantitative estimate of drug-likeness (QED) is 0.512. The molecule has 98 valence electrons. The minimum Gasteiger partial charge on any atom is -0.456 e. The Balaban J connectivity index is 2.76. The van der Waals surface area contributed by atoms with Gasteiger partial charge in [-0.15, -0.1) is 0 Å². The molecule has 0 aliphatic rings. The molecule has 0 heterocycles. The van der Waals surface area contributed by atoms with Crippen molar-refractivity contribution < 1.29 is 24.3 Å². The third kappa shape index (κ3) is 3.94. The number of hydrogen-bond donors (Lipinski definition) is 2. The molecule has 0 aliphatic heterocycles. The van der Waals surface area contributed by atoms with Gasteiger partial charge in [-0.3, -0.25) is 4.79 Å². The van der Waals surface area contributed by atoms with Crippen molar-refractivity contribution in [3.05, 3.63) is 35.4 Å². The molecule has 0 atom stereocenters. The van der Waals surface area contributed by atoms with Gasteiger partial charge in [0.25, 0.3) is 0 Å². The number of aliphatic hydroxyl groups is 1. The molecule has 0 amide bonds. The van der Waals surface area contributed by atoms with Gasteiger partial charge in [-0.05, 0) is 6.07 Å². The molecular weight excluding hydrogens is 234 g/mol. The highest BCUT2D eigenvalue weighted by Crippen LogP contribution is 2.10. The molecular formula is C13H18NO4+. The average Bonchev–Trinajstić information content (AvgIpc) is 2.37. The number of aliphatic hydroxyl groups excluding tert-OH is 1. The Bertz CT molecular complexity index is 429. The van der Waals surface area contributed by atoms with E-state index in [1.807, 2.05) is 14.1 Å². The SMILES string of the molecule is C[NH+](C)CCOC(=O)c1ccccc1C(=O)CO. The average molecular weight is 252 g/mol. The Morgan fingerprint density at radius 2 is 1.83 bits per heavy atom. The number of hydrogen-bond acceptors (Lipinski definition) is 4. The lowest BCUT2D eigenvalue weighted by atomic mass is 10.0. The summed E-state index contributed by atoms with van der Waals surface area (Å²) in [5.41, 5.74) is 0.396. The number of likely N-dealkylation sites (N-methyl/N-ethyl adjacent to an activating group) is 1. The number of carbonyl (C=O) groups is 2. The van der Waals surface area contributed by atoms with Crippen LogP contribution < -0.4 is 4.90 Å². The van der Waals surface area contributed by atoms with E-state index < -0.39 is 18.4 Å². The standard InChI is InChI=1S/C13H17NO4/c1-14(2)7-8-18-13(17)11-6-4-3-5-10(11)12(16)9-15/h3-6,15H,7-9H2,1-2H3/p+1. The van der Waals surface area contributed by atoms with Crippen molar-refractivity contribution in [1.82, 2.24) is 0 Å². The minimum absolute atomic E-state index is 0.196. The number of benzene rings is 1. The Morgan fingerprint density at radius 1 is 1.22 bits per heavy atom. The molecule has 0 saturated heterocycles. The number of ketones is 1. The predicted molar refractivity (Wildman–Crippen MR) is 65.8 cm³/mol. The maximum Gasteiger partial charge on any atom is 0.339 e. The van der Waals surface area contributed by atoms with Gasteiger partial charge in [0.05, 0.1) is 19.7 Å². The summed E-state index contributed by atoms with van der Waals surface area (Å²) in [5.74, 6) is -1.02. The Kier molecular flexibility index (Phi) is 5.48. The first-order valence-electron chi connectivity index (χ1n) is 5.75. The number of rotatable bonds is 6. The number of esters is 1. The van der Waals surface area contributed by atoms with Crippen LogP contribution >= 0.6 is 0 Å². The van der Waals surface area contributed by atoms with Gasteiger partial charge in [-0.1, -0.05) is 18.2 Å². The van der Waals surface area contributed by atoms with Crippen molar-refractivity contribution in [1.29, 1.82) is 0 Å². The lowest BCUT2D eigenvalue weighted by Gasteiger charge is -2.09. The molecule has 1 aromatic rings. The fourth-order valence-electron chi connectivity index (χ4n) is 1.42. The van der Waals surface area contributed by atoms with Crippen molar-refractivity contribution in [3.63, 3.8) is 0 Å². The summed E-state index contributed by atoms with van der Waals surface area (Å²) in [7, 11) is 3.91. The van der Waals surface area contributed by atoms with Crippen LogP contribution in [0.5, 0.6) is 0 Å². The maximum absolute atomic E-state index is 11.8. The summed E-state index contributed by atoms with van der Waals surface area (Å²) in [6.45, 7) is 0.372.